The molecule has 0 radical (unpaired) electrons. The van der Waals surface area contributed by atoms with Crippen LogP contribution in [0.15, 0.2) is 24.3 Å². The summed E-state index contributed by atoms with van der Waals surface area (Å²) < 4.78 is 0. The maximum absolute atomic E-state index is 12.5. The van der Waals surface area contributed by atoms with Crippen LogP contribution in [0.25, 0.3) is 0 Å². The van der Waals surface area contributed by atoms with Crippen LogP contribution in [0.2, 0.25) is 5.02 Å². The van der Waals surface area contributed by atoms with Crippen molar-refractivity contribution in [3.05, 3.63) is 34.9 Å². The molecule has 1 saturated carbocycles. The number of hydrogen-bond acceptors (Lipinski definition) is 2. The highest BCUT2D eigenvalue weighted by molar-refractivity contribution is 6.31. The first-order valence-corrected chi connectivity index (χ1v) is 8.26. The van der Waals surface area contributed by atoms with Crippen LogP contribution in [0.5, 0.6) is 0 Å². The minimum absolute atomic E-state index is 0. The van der Waals surface area contributed by atoms with Gasteiger partial charge in [0.1, 0.15) is 0 Å². The molecule has 0 saturated heterocycles. The standard InChI is InChI=1S/C17H25ClN2O.ClH/c1-2-20(12-14-8-3-5-9-15(14)18)17(21)11-13-7-4-6-10-16(13)19;/h3,5,8-9,13,16H,2,4,6-7,10-12,19H2,1H3;1H. The Hall–Kier alpha value is -0.770. The first kappa shape index (κ1) is 19.3. The van der Waals surface area contributed by atoms with Gasteiger partial charge in [-0.15, -0.1) is 12.4 Å². The molecule has 3 nitrogen and oxygen atoms in total. The molecule has 1 fully saturated rings. The van der Waals surface area contributed by atoms with Gasteiger partial charge in [0.05, 0.1) is 0 Å². The third-order valence-electron chi connectivity index (χ3n) is 4.46. The van der Waals surface area contributed by atoms with Crippen LogP contribution in [0, 0.1) is 5.92 Å². The van der Waals surface area contributed by atoms with Gasteiger partial charge in [0, 0.05) is 30.6 Å². The largest absolute Gasteiger partial charge is 0.339 e. The summed E-state index contributed by atoms with van der Waals surface area (Å²) >= 11 is 6.19. The van der Waals surface area contributed by atoms with Crippen molar-refractivity contribution in [2.75, 3.05) is 6.54 Å². The molecule has 2 unspecified atom stereocenters. The molecule has 5 heteroatoms. The minimum atomic E-state index is 0. The third-order valence-corrected chi connectivity index (χ3v) is 4.83. The lowest BCUT2D eigenvalue weighted by molar-refractivity contribution is -0.133. The molecule has 1 aliphatic rings. The van der Waals surface area contributed by atoms with Gasteiger partial charge in [-0.2, -0.15) is 0 Å². The van der Waals surface area contributed by atoms with Crippen molar-refractivity contribution in [1.82, 2.24) is 4.90 Å². The van der Waals surface area contributed by atoms with E-state index in [1.807, 2.05) is 36.1 Å². The number of carbonyl (C=O) groups excluding carboxylic acids is 1. The Morgan fingerprint density at radius 2 is 2.00 bits per heavy atom. The number of amides is 1. The first-order valence-electron chi connectivity index (χ1n) is 7.88. The number of hydrogen-bond donors (Lipinski definition) is 1. The monoisotopic (exact) mass is 344 g/mol. The van der Waals surface area contributed by atoms with Crippen molar-refractivity contribution in [1.29, 1.82) is 0 Å². The van der Waals surface area contributed by atoms with Crippen LogP contribution >= 0.6 is 24.0 Å². The number of nitrogens with two attached hydrogens (primary N) is 1. The van der Waals surface area contributed by atoms with Crippen molar-refractivity contribution in [2.45, 2.75) is 51.6 Å². The molecule has 1 aromatic carbocycles. The SMILES string of the molecule is CCN(Cc1ccccc1Cl)C(=O)CC1CCCCC1N.Cl. The fraction of sp³-hybridized carbons (Fsp3) is 0.588. The average molecular weight is 345 g/mol. The maximum atomic E-state index is 12.5. The van der Waals surface area contributed by atoms with E-state index in [4.69, 9.17) is 17.3 Å². The highest BCUT2D eigenvalue weighted by Gasteiger charge is 2.26. The van der Waals surface area contributed by atoms with E-state index in [1.54, 1.807) is 0 Å². The molecular weight excluding hydrogens is 319 g/mol. The van der Waals surface area contributed by atoms with Crippen LogP contribution in [-0.4, -0.2) is 23.4 Å². The van der Waals surface area contributed by atoms with Gasteiger partial charge >= 0.3 is 0 Å². The summed E-state index contributed by atoms with van der Waals surface area (Å²) in [6.45, 7) is 3.29. The molecular formula is C17H26Cl2N2O. The zero-order chi connectivity index (χ0) is 15.2. The van der Waals surface area contributed by atoms with E-state index in [-0.39, 0.29) is 24.4 Å². The second-order valence-electron chi connectivity index (χ2n) is 5.91. The summed E-state index contributed by atoms with van der Waals surface area (Å²) in [4.78, 5) is 14.4. The Morgan fingerprint density at radius 3 is 2.64 bits per heavy atom. The quantitative estimate of drug-likeness (QED) is 0.876. The number of carbonyl (C=O) groups is 1. The summed E-state index contributed by atoms with van der Waals surface area (Å²) in [6, 6.07) is 7.89. The summed E-state index contributed by atoms with van der Waals surface area (Å²) in [5.74, 6) is 0.534. The Labute approximate surface area is 144 Å². The van der Waals surface area contributed by atoms with Gasteiger partial charge in [-0.3, -0.25) is 4.79 Å². The Morgan fingerprint density at radius 1 is 1.32 bits per heavy atom. The molecule has 0 spiro atoms. The molecule has 0 aliphatic heterocycles. The lowest BCUT2D eigenvalue weighted by Gasteiger charge is -2.30. The smallest absolute Gasteiger partial charge is 0.223 e. The van der Waals surface area contributed by atoms with Crippen molar-refractivity contribution >= 4 is 29.9 Å². The van der Waals surface area contributed by atoms with Gasteiger partial charge in [0.25, 0.3) is 0 Å². The predicted octanol–water partition coefficient (Wildman–Crippen LogP) is 4.02. The van der Waals surface area contributed by atoms with Crippen LogP contribution in [-0.2, 0) is 11.3 Å². The van der Waals surface area contributed by atoms with Gasteiger partial charge in [-0.1, -0.05) is 42.6 Å². The second kappa shape index (κ2) is 9.39. The van der Waals surface area contributed by atoms with Gasteiger partial charge < -0.3 is 10.6 Å². The highest BCUT2D eigenvalue weighted by Crippen LogP contribution is 2.27. The highest BCUT2D eigenvalue weighted by atomic mass is 35.5. The lowest BCUT2D eigenvalue weighted by Crippen LogP contribution is -2.38. The molecule has 0 aromatic heterocycles. The molecule has 1 aromatic rings. The molecule has 124 valence electrons. The summed E-state index contributed by atoms with van der Waals surface area (Å²) in [7, 11) is 0. The normalized spacial score (nSPS) is 21.0. The Bertz CT molecular complexity index is 481. The van der Waals surface area contributed by atoms with Crippen LogP contribution in [0.4, 0.5) is 0 Å². The number of halogens is 2. The zero-order valence-electron chi connectivity index (χ0n) is 13.1. The minimum Gasteiger partial charge on any atom is -0.339 e. The van der Waals surface area contributed by atoms with Gasteiger partial charge in [-0.25, -0.2) is 0 Å². The zero-order valence-corrected chi connectivity index (χ0v) is 14.7. The molecule has 2 rings (SSSR count). The number of benzene rings is 1. The first-order chi connectivity index (χ1) is 10.1. The van der Waals surface area contributed by atoms with Gasteiger partial charge in [0.15, 0.2) is 0 Å². The summed E-state index contributed by atoms with van der Waals surface area (Å²) in [6.07, 6.45) is 5.09. The molecule has 1 aliphatic carbocycles. The molecule has 2 atom stereocenters. The Balaban J connectivity index is 0.00000242. The molecule has 1 amide bonds. The molecule has 22 heavy (non-hydrogen) atoms. The van der Waals surface area contributed by atoms with Crippen molar-refractivity contribution in [3.8, 4) is 0 Å². The maximum Gasteiger partial charge on any atom is 0.223 e. The van der Waals surface area contributed by atoms with Crippen LogP contribution in [0.3, 0.4) is 0 Å². The topological polar surface area (TPSA) is 46.3 Å². The fourth-order valence-corrected chi connectivity index (χ4v) is 3.25. The van der Waals surface area contributed by atoms with Crippen LogP contribution < -0.4 is 5.73 Å². The van der Waals surface area contributed by atoms with E-state index in [9.17, 15) is 4.79 Å². The summed E-state index contributed by atoms with van der Waals surface area (Å²) in [5.41, 5.74) is 7.16. The molecule has 2 N–H and O–H groups in total. The van der Waals surface area contributed by atoms with E-state index in [1.165, 1.54) is 12.8 Å². The van der Waals surface area contributed by atoms with E-state index in [2.05, 4.69) is 0 Å². The van der Waals surface area contributed by atoms with E-state index in [0.29, 0.717) is 25.4 Å². The molecule has 0 heterocycles. The Kier molecular flexibility index (Phi) is 8.23. The van der Waals surface area contributed by atoms with Gasteiger partial charge in [-0.05, 0) is 37.3 Å². The van der Waals surface area contributed by atoms with E-state index in [0.717, 1.165) is 23.4 Å². The van der Waals surface area contributed by atoms with Gasteiger partial charge in [0.2, 0.25) is 5.91 Å². The third kappa shape index (κ3) is 5.15. The second-order valence-corrected chi connectivity index (χ2v) is 6.32. The van der Waals surface area contributed by atoms with Crippen LogP contribution in [0.1, 0.15) is 44.6 Å². The number of nitrogens with zero attached hydrogens (tertiary/aromatic N) is 1. The summed E-state index contributed by atoms with van der Waals surface area (Å²) in [5, 5.41) is 0.720. The lowest BCUT2D eigenvalue weighted by atomic mass is 9.82. The average Bonchev–Trinajstić information content (AvgIpc) is 2.48. The van der Waals surface area contributed by atoms with Crippen molar-refractivity contribution in [3.63, 3.8) is 0 Å². The number of rotatable bonds is 5. The van der Waals surface area contributed by atoms with Crippen molar-refractivity contribution in [2.24, 2.45) is 11.7 Å². The van der Waals surface area contributed by atoms with E-state index < -0.39 is 0 Å². The van der Waals surface area contributed by atoms with Crippen molar-refractivity contribution < 1.29 is 4.79 Å². The van der Waals surface area contributed by atoms with E-state index >= 15 is 0 Å². The fourth-order valence-electron chi connectivity index (χ4n) is 3.05. The molecule has 0 bridgehead atoms. The predicted molar refractivity (Wildman–Crippen MR) is 94.3 cm³/mol.